The average molecular weight is 385 g/mol. The van der Waals surface area contributed by atoms with Crippen LogP contribution in [0.2, 0.25) is 0 Å². The Morgan fingerprint density at radius 2 is 1.68 bits per heavy atom. The van der Waals surface area contributed by atoms with E-state index in [1.807, 2.05) is 31.2 Å². The summed E-state index contributed by atoms with van der Waals surface area (Å²) in [7, 11) is 0. The van der Waals surface area contributed by atoms with Gasteiger partial charge in [-0.05, 0) is 36.6 Å². The first kappa shape index (κ1) is 19.8. The summed E-state index contributed by atoms with van der Waals surface area (Å²) in [6, 6.07) is 11.0. The quantitative estimate of drug-likeness (QED) is 0.802. The van der Waals surface area contributed by atoms with Gasteiger partial charge < -0.3 is 24.3 Å². The van der Waals surface area contributed by atoms with Gasteiger partial charge in [0.1, 0.15) is 5.75 Å². The molecule has 2 heterocycles. The Balaban J connectivity index is 1.50. The molecule has 1 aliphatic heterocycles. The molecule has 1 aromatic heterocycles. The first-order valence-corrected chi connectivity index (χ1v) is 9.59. The number of ether oxygens (including phenoxy) is 1. The van der Waals surface area contributed by atoms with Gasteiger partial charge in [-0.3, -0.25) is 4.79 Å². The molecule has 1 saturated heterocycles. The molecule has 1 N–H and O–H groups in total. The number of piperazine rings is 1. The van der Waals surface area contributed by atoms with E-state index in [9.17, 15) is 9.59 Å². The summed E-state index contributed by atoms with van der Waals surface area (Å²) in [5.41, 5.74) is 1.11. The number of carbonyl (C=O) groups excluding carboxylic acids is 2. The topological polar surface area (TPSA) is 75.0 Å². The Hall–Kier alpha value is -2.96. The van der Waals surface area contributed by atoms with Crippen molar-refractivity contribution in [1.82, 2.24) is 15.1 Å². The molecule has 7 heteroatoms. The van der Waals surface area contributed by atoms with Crippen LogP contribution in [-0.4, -0.2) is 54.1 Å². The van der Waals surface area contributed by atoms with Gasteiger partial charge in [-0.15, -0.1) is 0 Å². The lowest BCUT2D eigenvalue weighted by Crippen LogP contribution is -2.54. The van der Waals surface area contributed by atoms with Crippen LogP contribution in [0.15, 0.2) is 47.1 Å². The Kier molecular flexibility index (Phi) is 6.23. The molecule has 3 amide bonds. The zero-order valence-electron chi connectivity index (χ0n) is 16.6. The molecule has 1 atom stereocenters. The average Bonchev–Trinajstić information content (AvgIpc) is 3.22. The van der Waals surface area contributed by atoms with Gasteiger partial charge in [0.15, 0.2) is 12.0 Å². The number of rotatable bonds is 5. The second-order valence-corrected chi connectivity index (χ2v) is 7.16. The van der Waals surface area contributed by atoms with E-state index in [-0.39, 0.29) is 11.9 Å². The highest BCUT2D eigenvalue weighted by atomic mass is 16.5. The van der Waals surface area contributed by atoms with Gasteiger partial charge in [0, 0.05) is 26.2 Å². The van der Waals surface area contributed by atoms with Gasteiger partial charge in [0.2, 0.25) is 0 Å². The van der Waals surface area contributed by atoms with Gasteiger partial charge in [-0.1, -0.05) is 32.0 Å². The molecule has 1 aromatic carbocycles. The lowest BCUT2D eigenvalue weighted by molar-refractivity contribution is 0.0624. The number of hydrogen-bond donors (Lipinski definition) is 1. The molecule has 7 nitrogen and oxygen atoms in total. The minimum Gasteiger partial charge on any atom is -0.471 e. The van der Waals surface area contributed by atoms with Gasteiger partial charge in [-0.2, -0.15) is 0 Å². The lowest BCUT2D eigenvalue weighted by Gasteiger charge is -2.35. The fourth-order valence-electron chi connectivity index (χ4n) is 3.22. The number of benzene rings is 1. The smallest absolute Gasteiger partial charge is 0.320 e. The van der Waals surface area contributed by atoms with E-state index in [2.05, 4.69) is 19.2 Å². The van der Waals surface area contributed by atoms with Crippen molar-refractivity contribution in [2.75, 3.05) is 26.2 Å². The van der Waals surface area contributed by atoms with Crippen molar-refractivity contribution < 1.29 is 18.7 Å². The minimum atomic E-state index is -0.463. The highest BCUT2D eigenvalue weighted by Crippen LogP contribution is 2.26. The predicted octanol–water partition coefficient (Wildman–Crippen LogP) is 3.30. The third kappa shape index (κ3) is 4.65. The van der Waals surface area contributed by atoms with E-state index in [0.29, 0.717) is 37.9 Å². The van der Waals surface area contributed by atoms with Crippen molar-refractivity contribution in [3.63, 3.8) is 0 Å². The van der Waals surface area contributed by atoms with Crippen molar-refractivity contribution in [3.8, 4) is 5.75 Å². The highest BCUT2D eigenvalue weighted by Gasteiger charge is 2.26. The summed E-state index contributed by atoms with van der Waals surface area (Å²) < 4.78 is 11.1. The summed E-state index contributed by atoms with van der Waals surface area (Å²) in [6.07, 6.45) is 1.02. The third-order valence-corrected chi connectivity index (χ3v) is 4.76. The van der Waals surface area contributed by atoms with E-state index in [4.69, 9.17) is 9.15 Å². The van der Waals surface area contributed by atoms with Gasteiger partial charge in [0.25, 0.3) is 5.91 Å². The number of nitrogens with one attached hydrogen (secondary N) is 1. The molecular formula is C21H27N3O4. The maximum absolute atomic E-state index is 12.5. The first-order valence-electron chi connectivity index (χ1n) is 9.59. The van der Waals surface area contributed by atoms with Crippen molar-refractivity contribution >= 4 is 11.9 Å². The molecule has 0 aliphatic carbocycles. The summed E-state index contributed by atoms with van der Waals surface area (Å²) >= 11 is 0. The van der Waals surface area contributed by atoms with Crippen LogP contribution in [0.4, 0.5) is 4.79 Å². The lowest BCUT2D eigenvalue weighted by atomic mass is 10.0. The van der Waals surface area contributed by atoms with Gasteiger partial charge >= 0.3 is 6.03 Å². The summed E-state index contributed by atoms with van der Waals surface area (Å²) in [6.45, 7) is 7.90. The number of para-hydroxylation sites is 1. The molecule has 1 fully saturated rings. The van der Waals surface area contributed by atoms with E-state index in [0.717, 1.165) is 11.3 Å². The molecule has 28 heavy (non-hydrogen) atoms. The molecule has 3 rings (SSSR count). The molecule has 1 unspecified atom stereocenters. The van der Waals surface area contributed by atoms with Crippen LogP contribution in [0.1, 0.15) is 42.8 Å². The Labute approximate surface area is 165 Å². The molecular weight excluding hydrogens is 358 g/mol. The Morgan fingerprint density at radius 3 is 2.32 bits per heavy atom. The van der Waals surface area contributed by atoms with Crippen LogP contribution in [-0.2, 0) is 0 Å². The zero-order chi connectivity index (χ0) is 20.1. The van der Waals surface area contributed by atoms with Crippen LogP contribution < -0.4 is 10.1 Å². The number of amides is 3. The normalized spacial score (nSPS) is 15.4. The summed E-state index contributed by atoms with van der Waals surface area (Å²) in [5, 5.41) is 2.88. The molecule has 0 spiro atoms. The van der Waals surface area contributed by atoms with Crippen LogP contribution >= 0.6 is 0 Å². The second-order valence-electron chi connectivity index (χ2n) is 7.16. The number of urea groups is 1. The number of nitrogens with zero attached hydrogens (tertiary/aromatic N) is 2. The number of carbonyl (C=O) groups is 2. The molecule has 0 bridgehead atoms. The predicted molar refractivity (Wildman–Crippen MR) is 105 cm³/mol. The van der Waals surface area contributed by atoms with Crippen molar-refractivity contribution in [2.45, 2.75) is 32.9 Å². The van der Waals surface area contributed by atoms with E-state index in [1.54, 1.807) is 21.9 Å². The van der Waals surface area contributed by atoms with E-state index < -0.39 is 6.23 Å². The fourth-order valence-corrected chi connectivity index (χ4v) is 3.22. The second kappa shape index (κ2) is 8.82. The SMILES string of the molecule is CC(NC(=O)N1CCN(C(=O)c2ccco2)CC1)Oc1ccccc1C(C)C. The summed E-state index contributed by atoms with van der Waals surface area (Å²) in [4.78, 5) is 28.2. The molecule has 0 saturated carbocycles. The van der Waals surface area contributed by atoms with Crippen molar-refractivity contribution in [3.05, 3.63) is 54.0 Å². The van der Waals surface area contributed by atoms with Crippen LogP contribution in [0, 0.1) is 0 Å². The number of furan rings is 1. The van der Waals surface area contributed by atoms with Gasteiger partial charge in [-0.25, -0.2) is 4.79 Å². The van der Waals surface area contributed by atoms with E-state index >= 15 is 0 Å². The molecule has 1 aliphatic rings. The largest absolute Gasteiger partial charge is 0.471 e. The van der Waals surface area contributed by atoms with Crippen LogP contribution in [0.25, 0.3) is 0 Å². The third-order valence-electron chi connectivity index (χ3n) is 4.76. The first-order chi connectivity index (χ1) is 13.5. The summed E-state index contributed by atoms with van der Waals surface area (Å²) in [5.74, 6) is 1.29. The van der Waals surface area contributed by atoms with Gasteiger partial charge in [0.05, 0.1) is 6.26 Å². The number of hydrogen-bond acceptors (Lipinski definition) is 4. The fraction of sp³-hybridized carbons (Fsp3) is 0.429. The monoisotopic (exact) mass is 385 g/mol. The maximum atomic E-state index is 12.5. The van der Waals surface area contributed by atoms with Crippen molar-refractivity contribution in [2.24, 2.45) is 0 Å². The molecule has 150 valence electrons. The standard InChI is InChI=1S/C21H27N3O4/c1-15(2)17-7-4-5-8-18(17)28-16(3)22-21(26)24-12-10-23(11-13-24)20(25)19-9-6-14-27-19/h4-9,14-16H,10-13H2,1-3H3,(H,22,26). The molecule has 0 radical (unpaired) electrons. The van der Waals surface area contributed by atoms with Crippen LogP contribution in [0.5, 0.6) is 5.75 Å². The Morgan fingerprint density at radius 1 is 1.00 bits per heavy atom. The van der Waals surface area contributed by atoms with E-state index in [1.165, 1.54) is 6.26 Å². The zero-order valence-corrected chi connectivity index (χ0v) is 16.6. The van der Waals surface area contributed by atoms with Crippen molar-refractivity contribution in [1.29, 1.82) is 0 Å². The maximum Gasteiger partial charge on any atom is 0.320 e. The minimum absolute atomic E-state index is 0.146. The Bertz CT molecular complexity index is 796. The van der Waals surface area contributed by atoms with Crippen LogP contribution in [0.3, 0.4) is 0 Å². The highest BCUT2D eigenvalue weighted by molar-refractivity contribution is 5.91. The molecule has 2 aromatic rings.